The summed E-state index contributed by atoms with van der Waals surface area (Å²) in [5.41, 5.74) is 1.39. The van der Waals surface area contributed by atoms with Gasteiger partial charge in [0.2, 0.25) is 5.78 Å². The van der Waals surface area contributed by atoms with Crippen molar-refractivity contribution in [2.24, 2.45) is 0 Å². The van der Waals surface area contributed by atoms with Crippen LogP contribution in [0.4, 0.5) is 0 Å². The highest BCUT2D eigenvalue weighted by Crippen LogP contribution is 2.12. The van der Waals surface area contributed by atoms with Gasteiger partial charge in [0.1, 0.15) is 11.8 Å². The molecule has 0 saturated carbocycles. The molecule has 0 atom stereocenters. The third-order valence-corrected chi connectivity index (χ3v) is 2.42. The van der Waals surface area contributed by atoms with Crippen LogP contribution >= 0.6 is 0 Å². The Balaban J connectivity index is 3.00. The lowest BCUT2D eigenvalue weighted by molar-refractivity contribution is -0.138. The molecular formula is C15H18O4. The minimum Gasteiger partial charge on any atom is -0.500 e. The van der Waals surface area contributed by atoms with E-state index in [-0.39, 0.29) is 12.2 Å². The van der Waals surface area contributed by atoms with Gasteiger partial charge in [-0.1, -0.05) is 29.8 Å². The maximum Gasteiger partial charge on any atom is 0.345 e. The first kappa shape index (κ1) is 15.0. The molecule has 19 heavy (non-hydrogen) atoms. The van der Waals surface area contributed by atoms with Crippen molar-refractivity contribution in [3.05, 3.63) is 47.2 Å². The summed E-state index contributed by atoms with van der Waals surface area (Å²) in [5, 5.41) is 0. The zero-order valence-corrected chi connectivity index (χ0v) is 11.4. The summed E-state index contributed by atoms with van der Waals surface area (Å²) in [4.78, 5) is 24.0. The molecule has 0 fully saturated rings. The van der Waals surface area contributed by atoms with Gasteiger partial charge >= 0.3 is 5.97 Å². The highest BCUT2D eigenvalue weighted by Gasteiger charge is 2.21. The highest BCUT2D eigenvalue weighted by atomic mass is 16.5. The van der Waals surface area contributed by atoms with Gasteiger partial charge in [0, 0.05) is 5.56 Å². The zero-order valence-electron chi connectivity index (χ0n) is 11.4. The van der Waals surface area contributed by atoms with Crippen molar-refractivity contribution >= 4 is 11.8 Å². The molecule has 0 radical (unpaired) electrons. The van der Waals surface area contributed by atoms with E-state index in [4.69, 9.17) is 9.47 Å². The number of ketones is 1. The van der Waals surface area contributed by atoms with Crippen molar-refractivity contribution in [3.63, 3.8) is 0 Å². The summed E-state index contributed by atoms with van der Waals surface area (Å²) >= 11 is 0. The predicted octanol–water partition coefficient (Wildman–Crippen LogP) is 2.66. The molecule has 4 heteroatoms. The van der Waals surface area contributed by atoms with Crippen LogP contribution in [0.15, 0.2) is 36.1 Å². The fourth-order valence-electron chi connectivity index (χ4n) is 1.43. The summed E-state index contributed by atoms with van der Waals surface area (Å²) in [5.74, 6) is -1.06. The first-order chi connectivity index (χ1) is 9.10. The molecule has 1 aromatic rings. The van der Waals surface area contributed by atoms with Gasteiger partial charge in [0.25, 0.3) is 0 Å². The third-order valence-electron chi connectivity index (χ3n) is 2.42. The van der Waals surface area contributed by atoms with E-state index in [1.165, 1.54) is 6.26 Å². The first-order valence-electron chi connectivity index (χ1n) is 6.20. The summed E-state index contributed by atoms with van der Waals surface area (Å²) in [7, 11) is 0. The molecule has 0 aliphatic rings. The fraction of sp³-hybridized carbons (Fsp3) is 0.333. The van der Waals surface area contributed by atoms with Gasteiger partial charge in [-0.2, -0.15) is 0 Å². The Morgan fingerprint density at radius 2 is 1.74 bits per heavy atom. The normalized spacial score (nSPS) is 11.0. The Morgan fingerprint density at radius 3 is 2.26 bits per heavy atom. The number of hydrogen-bond acceptors (Lipinski definition) is 4. The van der Waals surface area contributed by atoms with Crippen LogP contribution in [-0.2, 0) is 14.3 Å². The average Bonchev–Trinajstić information content (AvgIpc) is 2.40. The Hall–Kier alpha value is -2.10. The molecule has 0 N–H and O–H groups in total. The zero-order chi connectivity index (χ0) is 14.3. The lowest BCUT2D eigenvalue weighted by Crippen LogP contribution is -2.16. The highest BCUT2D eigenvalue weighted by molar-refractivity contribution is 6.24. The molecule has 0 amide bonds. The van der Waals surface area contributed by atoms with Crippen molar-refractivity contribution < 1.29 is 19.1 Å². The number of carbonyl (C=O) groups excluding carboxylic acids is 2. The van der Waals surface area contributed by atoms with E-state index in [2.05, 4.69) is 0 Å². The van der Waals surface area contributed by atoms with Crippen LogP contribution in [0.2, 0.25) is 0 Å². The molecule has 0 saturated heterocycles. The number of benzene rings is 1. The smallest absolute Gasteiger partial charge is 0.345 e. The monoisotopic (exact) mass is 262 g/mol. The second-order valence-electron chi connectivity index (χ2n) is 3.90. The second-order valence-corrected chi connectivity index (χ2v) is 3.90. The van der Waals surface area contributed by atoms with E-state index in [0.717, 1.165) is 5.56 Å². The van der Waals surface area contributed by atoms with E-state index in [0.29, 0.717) is 12.2 Å². The Morgan fingerprint density at radius 1 is 1.11 bits per heavy atom. The van der Waals surface area contributed by atoms with Crippen LogP contribution in [-0.4, -0.2) is 25.0 Å². The molecule has 0 aliphatic carbocycles. The van der Waals surface area contributed by atoms with Gasteiger partial charge in [0.05, 0.1) is 13.2 Å². The SMILES string of the molecule is CCOC=C(C(=O)OCC)C(=O)c1ccc(C)cc1. The van der Waals surface area contributed by atoms with Crippen molar-refractivity contribution in [2.45, 2.75) is 20.8 Å². The lowest BCUT2D eigenvalue weighted by Gasteiger charge is -2.07. The molecule has 0 aliphatic heterocycles. The number of ether oxygens (including phenoxy) is 2. The second kappa shape index (κ2) is 7.36. The third kappa shape index (κ3) is 4.25. The van der Waals surface area contributed by atoms with Crippen LogP contribution in [0, 0.1) is 6.92 Å². The van der Waals surface area contributed by atoms with E-state index in [1.54, 1.807) is 26.0 Å². The van der Waals surface area contributed by atoms with Gasteiger partial charge in [-0.15, -0.1) is 0 Å². The summed E-state index contributed by atoms with van der Waals surface area (Å²) < 4.78 is 9.91. The number of carbonyl (C=O) groups is 2. The van der Waals surface area contributed by atoms with Crippen LogP contribution in [0.25, 0.3) is 0 Å². The molecule has 0 spiro atoms. The van der Waals surface area contributed by atoms with Gasteiger partial charge in [-0.25, -0.2) is 4.79 Å². The number of rotatable bonds is 6. The van der Waals surface area contributed by atoms with E-state index < -0.39 is 11.8 Å². The van der Waals surface area contributed by atoms with E-state index in [1.807, 2.05) is 19.1 Å². The van der Waals surface area contributed by atoms with Crippen molar-refractivity contribution in [1.82, 2.24) is 0 Å². The quantitative estimate of drug-likeness (QED) is 0.197. The maximum atomic E-state index is 12.2. The Bertz CT molecular complexity index is 471. The number of Topliss-reactive ketones (excluding diaryl/α,β-unsaturated/α-hetero) is 1. The van der Waals surface area contributed by atoms with Gasteiger partial charge in [-0.3, -0.25) is 4.79 Å². The van der Waals surface area contributed by atoms with Gasteiger partial charge in [-0.05, 0) is 20.8 Å². The van der Waals surface area contributed by atoms with Crippen LogP contribution in [0.5, 0.6) is 0 Å². The minimum absolute atomic E-state index is 0.0902. The first-order valence-corrected chi connectivity index (χ1v) is 6.20. The summed E-state index contributed by atoms with van der Waals surface area (Å²) in [6, 6.07) is 6.99. The Labute approximate surface area is 113 Å². The number of hydrogen-bond donors (Lipinski definition) is 0. The summed E-state index contributed by atoms with van der Waals surface area (Å²) in [6.07, 6.45) is 1.17. The maximum absolute atomic E-state index is 12.2. The minimum atomic E-state index is -0.665. The number of aryl methyl sites for hydroxylation is 1. The molecule has 1 rings (SSSR count). The summed E-state index contributed by atoms with van der Waals surface area (Å²) in [6.45, 7) is 5.98. The van der Waals surface area contributed by atoms with Crippen LogP contribution < -0.4 is 0 Å². The van der Waals surface area contributed by atoms with Crippen LogP contribution in [0.1, 0.15) is 29.8 Å². The molecule has 0 heterocycles. The standard InChI is InChI=1S/C15H18O4/c1-4-18-10-13(15(17)19-5-2)14(16)12-8-6-11(3)7-9-12/h6-10H,4-5H2,1-3H3. The number of esters is 1. The van der Waals surface area contributed by atoms with Gasteiger partial charge in [0.15, 0.2) is 0 Å². The van der Waals surface area contributed by atoms with Gasteiger partial charge < -0.3 is 9.47 Å². The molecular weight excluding hydrogens is 244 g/mol. The molecule has 0 aromatic heterocycles. The van der Waals surface area contributed by atoms with E-state index in [9.17, 15) is 9.59 Å². The fourth-order valence-corrected chi connectivity index (χ4v) is 1.43. The van der Waals surface area contributed by atoms with Crippen LogP contribution in [0.3, 0.4) is 0 Å². The topological polar surface area (TPSA) is 52.6 Å². The molecule has 0 bridgehead atoms. The average molecular weight is 262 g/mol. The molecule has 1 aromatic carbocycles. The molecule has 0 unspecified atom stereocenters. The van der Waals surface area contributed by atoms with Crippen molar-refractivity contribution in [3.8, 4) is 0 Å². The van der Waals surface area contributed by atoms with Crippen molar-refractivity contribution in [2.75, 3.05) is 13.2 Å². The predicted molar refractivity (Wildman–Crippen MR) is 71.9 cm³/mol. The molecule has 4 nitrogen and oxygen atoms in total. The lowest BCUT2D eigenvalue weighted by atomic mass is 10.0. The van der Waals surface area contributed by atoms with E-state index >= 15 is 0 Å². The molecule has 102 valence electrons. The largest absolute Gasteiger partial charge is 0.500 e. The Kier molecular flexibility index (Phi) is 5.79. The van der Waals surface area contributed by atoms with Crippen molar-refractivity contribution in [1.29, 1.82) is 0 Å².